The van der Waals surface area contributed by atoms with Gasteiger partial charge in [0.2, 0.25) is 5.82 Å². The van der Waals surface area contributed by atoms with Crippen LogP contribution in [0.5, 0.6) is 0 Å². The van der Waals surface area contributed by atoms with Gasteiger partial charge in [0.25, 0.3) is 0 Å². The maximum atomic E-state index is 13.5. The Morgan fingerprint density at radius 3 is 3.00 bits per heavy atom. The van der Waals surface area contributed by atoms with Crippen LogP contribution >= 0.6 is 0 Å². The fourth-order valence-corrected chi connectivity index (χ4v) is 2.26. The number of nitro groups is 1. The summed E-state index contributed by atoms with van der Waals surface area (Å²) in [6.07, 6.45) is 1.61. The molecule has 1 aliphatic heterocycles. The third kappa shape index (κ3) is 2.08. The van der Waals surface area contributed by atoms with Crippen molar-refractivity contribution in [2.75, 3.05) is 18.1 Å². The van der Waals surface area contributed by atoms with Crippen LogP contribution in [0, 0.1) is 15.9 Å². The van der Waals surface area contributed by atoms with Gasteiger partial charge in [-0.05, 0) is 25.0 Å². The fraction of sp³-hybridized carbons (Fsp3) is 0.455. The Balaban J connectivity index is 2.44. The molecule has 0 radical (unpaired) electrons. The Morgan fingerprint density at radius 1 is 1.59 bits per heavy atom. The van der Waals surface area contributed by atoms with E-state index < -0.39 is 16.4 Å². The Hall–Kier alpha value is -1.69. The summed E-state index contributed by atoms with van der Waals surface area (Å²) in [5, 5.41) is 20.1. The first kappa shape index (κ1) is 11.8. The van der Waals surface area contributed by atoms with Crippen LogP contribution in [0.15, 0.2) is 18.2 Å². The van der Waals surface area contributed by atoms with Crippen molar-refractivity contribution >= 4 is 11.4 Å². The number of para-hydroxylation sites is 1. The number of hydrogen-bond acceptors (Lipinski definition) is 4. The molecule has 5 nitrogen and oxygen atoms in total. The first-order valence-corrected chi connectivity index (χ1v) is 5.45. The van der Waals surface area contributed by atoms with Crippen molar-refractivity contribution in [3.05, 3.63) is 34.1 Å². The number of hydrogen-bond donors (Lipinski definition) is 1. The Kier molecular flexibility index (Phi) is 3.23. The first-order chi connectivity index (χ1) is 8.15. The molecule has 1 heterocycles. The van der Waals surface area contributed by atoms with Gasteiger partial charge < -0.3 is 10.0 Å². The Morgan fingerprint density at radius 2 is 2.35 bits per heavy atom. The number of rotatable bonds is 3. The maximum absolute atomic E-state index is 13.5. The van der Waals surface area contributed by atoms with E-state index in [1.807, 2.05) is 0 Å². The van der Waals surface area contributed by atoms with E-state index in [1.54, 1.807) is 4.90 Å². The number of anilines is 1. The van der Waals surface area contributed by atoms with Gasteiger partial charge in [-0.1, -0.05) is 6.07 Å². The van der Waals surface area contributed by atoms with Crippen LogP contribution in [0.25, 0.3) is 0 Å². The largest absolute Gasteiger partial charge is 0.394 e. The van der Waals surface area contributed by atoms with Gasteiger partial charge in [-0.15, -0.1) is 0 Å². The minimum atomic E-state index is -0.837. The summed E-state index contributed by atoms with van der Waals surface area (Å²) in [4.78, 5) is 11.9. The number of aliphatic hydroxyl groups is 1. The lowest BCUT2D eigenvalue weighted by Gasteiger charge is -2.24. The van der Waals surface area contributed by atoms with E-state index in [-0.39, 0.29) is 18.3 Å². The van der Waals surface area contributed by atoms with Gasteiger partial charge >= 0.3 is 5.69 Å². The molecule has 0 amide bonds. The molecule has 0 aliphatic carbocycles. The minimum absolute atomic E-state index is 0.0757. The normalized spacial score (nSPS) is 19.6. The molecule has 17 heavy (non-hydrogen) atoms. The third-order valence-electron chi connectivity index (χ3n) is 3.05. The summed E-state index contributed by atoms with van der Waals surface area (Å²) < 4.78 is 13.5. The molecule has 1 unspecified atom stereocenters. The molecule has 6 heteroatoms. The fourth-order valence-electron chi connectivity index (χ4n) is 2.26. The van der Waals surface area contributed by atoms with Crippen LogP contribution in [-0.4, -0.2) is 29.2 Å². The van der Waals surface area contributed by atoms with Gasteiger partial charge in [-0.25, -0.2) is 0 Å². The zero-order valence-corrected chi connectivity index (χ0v) is 9.17. The summed E-state index contributed by atoms with van der Waals surface area (Å²) in [5.74, 6) is -0.837. The van der Waals surface area contributed by atoms with Crippen LogP contribution in [-0.2, 0) is 0 Å². The van der Waals surface area contributed by atoms with Crippen molar-refractivity contribution in [1.29, 1.82) is 0 Å². The molecule has 0 spiro atoms. The molecule has 1 atom stereocenters. The van der Waals surface area contributed by atoms with Crippen LogP contribution in [0.3, 0.4) is 0 Å². The molecule has 1 aliphatic rings. The zero-order valence-electron chi connectivity index (χ0n) is 9.17. The minimum Gasteiger partial charge on any atom is -0.394 e. The van der Waals surface area contributed by atoms with Gasteiger partial charge in [0.15, 0.2) is 0 Å². The van der Waals surface area contributed by atoms with Gasteiger partial charge in [-0.2, -0.15) is 4.39 Å². The predicted molar refractivity (Wildman–Crippen MR) is 60.5 cm³/mol. The van der Waals surface area contributed by atoms with E-state index in [0.29, 0.717) is 6.54 Å². The summed E-state index contributed by atoms with van der Waals surface area (Å²) >= 11 is 0. The van der Waals surface area contributed by atoms with E-state index in [1.165, 1.54) is 12.1 Å². The molecule has 1 saturated heterocycles. The van der Waals surface area contributed by atoms with Crippen LogP contribution in [0.1, 0.15) is 12.8 Å². The monoisotopic (exact) mass is 240 g/mol. The zero-order chi connectivity index (χ0) is 12.4. The highest BCUT2D eigenvalue weighted by molar-refractivity contribution is 5.64. The third-order valence-corrected chi connectivity index (χ3v) is 3.05. The van der Waals surface area contributed by atoms with Crippen molar-refractivity contribution in [3.63, 3.8) is 0 Å². The lowest BCUT2D eigenvalue weighted by atomic mass is 10.2. The predicted octanol–water partition coefficient (Wildman–Crippen LogP) is 1.69. The second kappa shape index (κ2) is 4.67. The number of aliphatic hydroxyl groups excluding tert-OH is 1. The van der Waals surface area contributed by atoms with Gasteiger partial charge in [0.05, 0.1) is 17.6 Å². The molecule has 1 N–H and O–H groups in total. The first-order valence-electron chi connectivity index (χ1n) is 5.45. The van der Waals surface area contributed by atoms with Gasteiger partial charge in [-0.3, -0.25) is 10.1 Å². The summed E-state index contributed by atoms with van der Waals surface area (Å²) in [6, 6.07) is 3.89. The maximum Gasteiger partial charge on any atom is 0.327 e. The van der Waals surface area contributed by atoms with Crippen LogP contribution in [0.4, 0.5) is 15.8 Å². The summed E-state index contributed by atoms with van der Waals surface area (Å²) in [5.41, 5.74) is -0.251. The Labute approximate surface area is 97.6 Å². The second-order valence-electron chi connectivity index (χ2n) is 4.04. The molecular weight excluding hydrogens is 227 g/mol. The highest BCUT2D eigenvalue weighted by Crippen LogP contribution is 2.35. The molecule has 92 valence electrons. The van der Waals surface area contributed by atoms with Crippen molar-refractivity contribution in [2.45, 2.75) is 18.9 Å². The van der Waals surface area contributed by atoms with Gasteiger partial charge in [0, 0.05) is 6.54 Å². The SMILES string of the molecule is O=[N+]([O-])c1c(F)cccc1N1CCCC1CO. The molecule has 1 fully saturated rings. The second-order valence-corrected chi connectivity index (χ2v) is 4.04. The number of halogens is 1. The molecule has 1 aromatic carbocycles. The average molecular weight is 240 g/mol. The number of nitrogens with zero attached hydrogens (tertiary/aromatic N) is 2. The van der Waals surface area contributed by atoms with E-state index in [9.17, 15) is 19.6 Å². The van der Waals surface area contributed by atoms with Crippen molar-refractivity contribution in [1.82, 2.24) is 0 Å². The van der Waals surface area contributed by atoms with E-state index >= 15 is 0 Å². The van der Waals surface area contributed by atoms with Crippen molar-refractivity contribution in [2.24, 2.45) is 0 Å². The molecule has 0 bridgehead atoms. The Bertz CT molecular complexity index is 439. The average Bonchev–Trinajstić information content (AvgIpc) is 2.75. The molecule has 0 aromatic heterocycles. The molecule has 0 saturated carbocycles. The van der Waals surface area contributed by atoms with Crippen molar-refractivity contribution < 1.29 is 14.4 Å². The smallest absolute Gasteiger partial charge is 0.327 e. The van der Waals surface area contributed by atoms with Gasteiger partial charge in [0.1, 0.15) is 5.69 Å². The summed E-state index contributed by atoms with van der Waals surface area (Å²) in [6.45, 7) is 0.531. The molecule has 2 rings (SSSR count). The molecule has 1 aromatic rings. The highest BCUT2D eigenvalue weighted by atomic mass is 19.1. The van der Waals surface area contributed by atoms with E-state index in [0.717, 1.165) is 18.9 Å². The lowest BCUT2D eigenvalue weighted by molar-refractivity contribution is -0.386. The quantitative estimate of drug-likeness (QED) is 0.645. The van der Waals surface area contributed by atoms with E-state index in [4.69, 9.17) is 0 Å². The topological polar surface area (TPSA) is 66.6 Å². The number of benzene rings is 1. The standard InChI is InChI=1S/C11H13FN2O3/c12-9-4-1-5-10(11(9)14(16)17)13-6-2-3-8(13)7-15/h1,4-5,8,15H,2-3,6-7H2. The van der Waals surface area contributed by atoms with Crippen molar-refractivity contribution in [3.8, 4) is 0 Å². The lowest BCUT2D eigenvalue weighted by Crippen LogP contribution is -2.32. The number of nitro benzene ring substituents is 1. The van der Waals surface area contributed by atoms with Crippen LogP contribution in [0.2, 0.25) is 0 Å². The van der Waals surface area contributed by atoms with E-state index in [2.05, 4.69) is 0 Å². The molecular formula is C11H13FN2O3. The van der Waals surface area contributed by atoms with Crippen LogP contribution < -0.4 is 4.90 Å². The highest BCUT2D eigenvalue weighted by Gasteiger charge is 2.31. The summed E-state index contributed by atoms with van der Waals surface area (Å²) in [7, 11) is 0.